The molecule has 17 heavy (non-hydrogen) atoms. The topological polar surface area (TPSA) is 29.3 Å². The fraction of sp³-hybridized carbons (Fsp3) is 0.692. The average molecular weight is 273 g/mol. The largest absolute Gasteiger partial charge is 0.326 e. The Labute approximate surface area is 113 Å². The van der Waals surface area contributed by atoms with Crippen molar-refractivity contribution >= 4 is 22.9 Å². The second kappa shape index (κ2) is 5.27. The third kappa shape index (κ3) is 3.22. The van der Waals surface area contributed by atoms with Crippen LogP contribution in [0.2, 0.25) is 4.34 Å². The van der Waals surface area contributed by atoms with E-state index in [-0.39, 0.29) is 6.04 Å². The SMILES string of the molecule is CC(N)C(c1ccc(Cl)s1)N(C)CC1CC1C. The maximum Gasteiger partial charge on any atom is 0.0931 e. The highest BCUT2D eigenvalue weighted by Crippen LogP contribution is 2.40. The van der Waals surface area contributed by atoms with Crippen LogP contribution in [0.4, 0.5) is 0 Å². The molecule has 1 aromatic heterocycles. The van der Waals surface area contributed by atoms with Crippen molar-refractivity contribution in [2.24, 2.45) is 17.6 Å². The molecule has 96 valence electrons. The highest BCUT2D eigenvalue weighted by atomic mass is 35.5. The van der Waals surface area contributed by atoms with Crippen molar-refractivity contribution in [2.75, 3.05) is 13.6 Å². The standard InChI is InChI=1S/C13H21ClN2S/c1-8-6-10(8)7-16(3)13(9(2)15)11-4-5-12(14)17-11/h4-5,8-10,13H,6-7,15H2,1-3H3. The summed E-state index contributed by atoms with van der Waals surface area (Å²) in [5, 5.41) is 0. The minimum absolute atomic E-state index is 0.128. The third-order valence-corrected chi connectivity index (χ3v) is 4.96. The van der Waals surface area contributed by atoms with Crippen molar-refractivity contribution in [2.45, 2.75) is 32.4 Å². The van der Waals surface area contributed by atoms with Crippen molar-refractivity contribution in [3.8, 4) is 0 Å². The minimum atomic E-state index is 0.128. The van der Waals surface area contributed by atoms with Gasteiger partial charge in [-0.25, -0.2) is 0 Å². The predicted molar refractivity (Wildman–Crippen MR) is 75.6 cm³/mol. The van der Waals surface area contributed by atoms with Gasteiger partial charge in [0, 0.05) is 17.5 Å². The van der Waals surface area contributed by atoms with Crippen LogP contribution in [0.15, 0.2) is 12.1 Å². The van der Waals surface area contributed by atoms with Gasteiger partial charge in [-0.1, -0.05) is 18.5 Å². The number of thiophene rings is 1. The molecular weight excluding hydrogens is 252 g/mol. The van der Waals surface area contributed by atoms with Gasteiger partial charge in [0.1, 0.15) is 0 Å². The average Bonchev–Trinajstić information content (AvgIpc) is 2.73. The van der Waals surface area contributed by atoms with E-state index in [0.29, 0.717) is 6.04 Å². The number of hydrogen-bond acceptors (Lipinski definition) is 3. The Morgan fingerprint density at radius 2 is 2.24 bits per heavy atom. The Kier molecular flexibility index (Phi) is 4.14. The minimum Gasteiger partial charge on any atom is -0.326 e. The number of hydrogen-bond donors (Lipinski definition) is 1. The van der Waals surface area contributed by atoms with Gasteiger partial charge in [-0.15, -0.1) is 11.3 Å². The van der Waals surface area contributed by atoms with E-state index in [2.05, 4.69) is 31.9 Å². The molecule has 2 nitrogen and oxygen atoms in total. The fourth-order valence-corrected chi connectivity index (χ4v) is 3.84. The van der Waals surface area contributed by atoms with E-state index in [4.69, 9.17) is 17.3 Å². The lowest BCUT2D eigenvalue weighted by molar-refractivity contribution is 0.211. The Morgan fingerprint density at radius 1 is 1.59 bits per heavy atom. The van der Waals surface area contributed by atoms with Crippen LogP contribution in [0.1, 0.15) is 31.2 Å². The van der Waals surface area contributed by atoms with Gasteiger partial charge < -0.3 is 5.73 Å². The summed E-state index contributed by atoms with van der Waals surface area (Å²) in [5.41, 5.74) is 6.13. The second-order valence-corrected chi connectivity index (χ2v) is 7.11. The van der Waals surface area contributed by atoms with Gasteiger partial charge in [-0.3, -0.25) is 4.90 Å². The smallest absolute Gasteiger partial charge is 0.0931 e. The molecule has 4 heteroatoms. The van der Waals surface area contributed by atoms with Crippen molar-refractivity contribution < 1.29 is 0 Å². The van der Waals surface area contributed by atoms with Crippen molar-refractivity contribution in [1.82, 2.24) is 4.90 Å². The second-order valence-electron chi connectivity index (χ2n) is 5.36. The van der Waals surface area contributed by atoms with Gasteiger partial charge in [0.25, 0.3) is 0 Å². The summed E-state index contributed by atoms with van der Waals surface area (Å²) >= 11 is 7.66. The Morgan fingerprint density at radius 3 is 2.65 bits per heavy atom. The lowest BCUT2D eigenvalue weighted by Gasteiger charge is -2.30. The zero-order chi connectivity index (χ0) is 12.6. The first-order chi connectivity index (χ1) is 7.99. The van der Waals surface area contributed by atoms with Gasteiger partial charge in [-0.05, 0) is 44.4 Å². The van der Waals surface area contributed by atoms with E-state index in [1.807, 2.05) is 6.07 Å². The number of nitrogens with two attached hydrogens (primary N) is 1. The molecule has 4 atom stereocenters. The number of nitrogens with zero attached hydrogens (tertiary/aromatic N) is 1. The summed E-state index contributed by atoms with van der Waals surface area (Å²) in [7, 11) is 2.17. The van der Waals surface area contributed by atoms with Crippen molar-refractivity contribution in [1.29, 1.82) is 0 Å². The Balaban J connectivity index is 2.06. The lowest BCUT2D eigenvalue weighted by atomic mass is 10.1. The molecule has 2 N–H and O–H groups in total. The molecule has 1 heterocycles. The van der Waals surface area contributed by atoms with E-state index in [0.717, 1.165) is 22.7 Å². The zero-order valence-electron chi connectivity index (χ0n) is 10.7. The monoisotopic (exact) mass is 272 g/mol. The maximum absolute atomic E-state index is 6.13. The van der Waals surface area contributed by atoms with Crippen LogP contribution in [-0.2, 0) is 0 Å². The first kappa shape index (κ1) is 13.3. The van der Waals surface area contributed by atoms with Gasteiger partial charge in [-0.2, -0.15) is 0 Å². The summed E-state index contributed by atoms with van der Waals surface area (Å²) < 4.78 is 0.846. The molecule has 1 aromatic rings. The van der Waals surface area contributed by atoms with Crippen LogP contribution in [0.5, 0.6) is 0 Å². The molecule has 0 saturated heterocycles. The van der Waals surface area contributed by atoms with Crippen LogP contribution in [0.25, 0.3) is 0 Å². The molecule has 1 saturated carbocycles. The fourth-order valence-electron chi connectivity index (χ4n) is 2.50. The first-order valence-corrected chi connectivity index (χ1v) is 7.39. The van der Waals surface area contributed by atoms with E-state index in [1.165, 1.54) is 11.3 Å². The molecule has 0 bridgehead atoms. The molecule has 2 rings (SSSR count). The predicted octanol–water partition coefficient (Wildman–Crippen LogP) is 3.38. The molecule has 0 spiro atoms. The van der Waals surface area contributed by atoms with Crippen LogP contribution in [0, 0.1) is 11.8 Å². The Bertz CT molecular complexity index is 377. The normalized spacial score (nSPS) is 27.2. The van der Waals surface area contributed by atoms with E-state index in [9.17, 15) is 0 Å². The van der Waals surface area contributed by atoms with Crippen LogP contribution < -0.4 is 5.73 Å². The number of rotatable bonds is 5. The van der Waals surface area contributed by atoms with Gasteiger partial charge >= 0.3 is 0 Å². The summed E-state index contributed by atoms with van der Waals surface area (Å²) in [5.74, 6) is 1.75. The number of halogens is 1. The summed E-state index contributed by atoms with van der Waals surface area (Å²) in [6.07, 6.45) is 1.36. The quantitative estimate of drug-likeness (QED) is 0.890. The molecule has 1 aliphatic rings. The summed E-state index contributed by atoms with van der Waals surface area (Å²) in [6, 6.07) is 4.49. The molecule has 1 fully saturated rings. The molecule has 0 aromatic carbocycles. The van der Waals surface area contributed by atoms with E-state index in [1.54, 1.807) is 11.3 Å². The summed E-state index contributed by atoms with van der Waals surface area (Å²) in [6.45, 7) is 5.54. The summed E-state index contributed by atoms with van der Waals surface area (Å²) in [4.78, 5) is 3.67. The Hall–Kier alpha value is -0.0900. The van der Waals surface area contributed by atoms with E-state index >= 15 is 0 Å². The first-order valence-electron chi connectivity index (χ1n) is 6.20. The van der Waals surface area contributed by atoms with Gasteiger partial charge in [0.05, 0.1) is 10.4 Å². The maximum atomic E-state index is 6.13. The molecule has 0 amide bonds. The van der Waals surface area contributed by atoms with Crippen LogP contribution in [-0.4, -0.2) is 24.5 Å². The lowest BCUT2D eigenvalue weighted by Crippen LogP contribution is -2.37. The van der Waals surface area contributed by atoms with Crippen molar-refractivity contribution in [3.63, 3.8) is 0 Å². The van der Waals surface area contributed by atoms with Gasteiger partial charge in [0.15, 0.2) is 0 Å². The van der Waals surface area contributed by atoms with Crippen LogP contribution >= 0.6 is 22.9 Å². The molecule has 4 unspecified atom stereocenters. The third-order valence-electron chi connectivity index (χ3n) is 3.66. The highest BCUT2D eigenvalue weighted by molar-refractivity contribution is 7.16. The van der Waals surface area contributed by atoms with Gasteiger partial charge in [0.2, 0.25) is 0 Å². The number of likely N-dealkylation sites (N-methyl/N-ethyl adjacent to an activating group) is 1. The van der Waals surface area contributed by atoms with Crippen molar-refractivity contribution in [3.05, 3.63) is 21.3 Å². The molecular formula is C13H21ClN2S. The molecule has 0 radical (unpaired) electrons. The zero-order valence-corrected chi connectivity index (χ0v) is 12.3. The highest BCUT2D eigenvalue weighted by Gasteiger charge is 2.35. The van der Waals surface area contributed by atoms with E-state index < -0.39 is 0 Å². The van der Waals surface area contributed by atoms with Crippen LogP contribution in [0.3, 0.4) is 0 Å². The molecule has 0 aliphatic heterocycles. The molecule has 1 aliphatic carbocycles.